The van der Waals surface area contributed by atoms with E-state index in [2.05, 4.69) is 11.0 Å². The van der Waals surface area contributed by atoms with E-state index in [1.165, 1.54) is 4.90 Å². The first-order valence-electron chi connectivity index (χ1n) is 10.9. The number of hydrogen-bond acceptors (Lipinski definition) is 5. The van der Waals surface area contributed by atoms with Crippen LogP contribution in [0.4, 0.5) is 0 Å². The molecule has 2 heterocycles. The molecular weight excluding hydrogens is 404 g/mol. The van der Waals surface area contributed by atoms with Gasteiger partial charge in [-0.15, -0.1) is 0 Å². The van der Waals surface area contributed by atoms with Crippen molar-refractivity contribution in [2.24, 2.45) is 5.92 Å². The van der Waals surface area contributed by atoms with Crippen molar-refractivity contribution in [3.8, 4) is 6.07 Å². The lowest BCUT2D eigenvalue weighted by atomic mass is 10.0. The number of imide groups is 1. The van der Waals surface area contributed by atoms with Crippen molar-refractivity contribution in [2.45, 2.75) is 26.4 Å². The predicted octanol–water partition coefficient (Wildman–Crippen LogP) is 2.79. The van der Waals surface area contributed by atoms with E-state index >= 15 is 0 Å². The van der Waals surface area contributed by atoms with Crippen LogP contribution in [0.25, 0.3) is 0 Å². The molecule has 2 aromatic carbocycles. The van der Waals surface area contributed by atoms with Crippen molar-refractivity contribution >= 4 is 17.7 Å². The summed E-state index contributed by atoms with van der Waals surface area (Å²) < 4.78 is 0. The minimum atomic E-state index is -0.291. The summed E-state index contributed by atoms with van der Waals surface area (Å²) in [6, 6.07) is 16.1. The van der Waals surface area contributed by atoms with E-state index in [1.54, 1.807) is 48.5 Å². The lowest BCUT2D eigenvalue weighted by Gasteiger charge is -2.38. The Bertz CT molecular complexity index is 1040. The van der Waals surface area contributed by atoms with Gasteiger partial charge < -0.3 is 4.90 Å². The predicted molar refractivity (Wildman–Crippen MR) is 119 cm³/mol. The number of carbonyl (C=O) groups excluding carboxylic acids is 3. The zero-order valence-corrected chi connectivity index (χ0v) is 18.3. The quantitative estimate of drug-likeness (QED) is 0.681. The van der Waals surface area contributed by atoms with Gasteiger partial charge in [-0.1, -0.05) is 38.1 Å². The SMILES string of the molecule is CC(C)C(C#N)N1CCN(C(=O)c2ccc(CN3C(=O)c4ccccc4C3=O)cc2)CC1. The maximum Gasteiger partial charge on any atom is 0.261 e. The fourth-order valence-electron chi connectivity index (χ4n) is 4.36. The number of rotatable bonds is 5. The maximum absolute atomic E-state index is 12.9. The molecule has 0 spiro atoms. The highest BCUT2D eigenvalue weighted by atomic mass is 16.2. The van der Waals surface area contributed by atoms with Crippen LogP contribution in [0.5, 0.6) is 0 Å². The zero-order valence-electron chi connectivity index (χ0n) is 18.3. The van der Waals surface area contributed by atoms with Gasteiger partial charge in [-0.25, -0.2) is 0 Å². The van der Waals surface area contributed by atoms with Crippen LogP contribution in [0.3, 0.4) is 0 Å². The van der Waals surface area contributed by atoms with Crippen molar-refractivity contribution in [3.05, 3.63) is 70.8 Å². The second-order valence-electron chi connectivity index (χ2n) is 8.59. The average Bonchev–Trinajstić information content (AvgIpc) is 3.05. The molecule has 1 unspecified atom stereocenters. The molecule has 0 bridgehead atoms. The maximum atomic E-state index is 12.9. The normalized spacial score (nSPS) is 17.4. The third-order valence-electron chi connectivity index (χ3n) is 6.18. The third-order valence-corrected chi connectivity index (χ3v) is 6.18. The largest absolute Gasteiger partial charge is 0.336 e. The lowest BCUT2D eigenvalue weighted by Crippen LogP contribution is -2.52. The van der Waals surface area contributed by atoms with E-state index in [1.807, 2.05) is 18.7 Å². The summed E-state index contributed by atoms with van der Waals surface area (Å²) in [6.45, 7) is 6.77. The molecule has 2 aliphatic heterocycles. The molecule has 3 amide bonds. The van der Waals surface area contributed by atoms with Gasteiger partial charge in [-0.2, -0.15) is 5.26 Å². The summed E-state index contributed by atoms with van der Waals surface area (Å²) in [4.78, 5) is 43.2. The van der Waals surface area contributed by atoms with Crippen molar-refractivity contribution < 1.29 is 14.4 Å². The Kier molecular flexibility index (Phi) is 6.06. The number of hydrogen-bond donors (Lipinski definition) is 0. The first-order chi connectivity index (χ1) is 15.4. The molecule has 1 fully saturated rings. The van der Waals surface area contributed by atoms with Crippen LogP contribution in [-0.2, 0) is 6.54 Å². The number of fused-ring (bicyclic) bond motifs is 1. The summed E-state index contributed by atoms with van der Waals surface area (Å²) in [5.41, 5.74) is 2.22. The molecule has 0 aliphatic carbocycles. The molecule has 2 aromatic rings. The van der Waals surface area contributed by atoms with Crippen LogP contribution >= 0.6 is 0 Å². The molecule has 32 heavy (non-hydrogen) atoms. The molecule has 0 saturated carbocycles. The molecular formula is C25H26N4O3. The highest BCUT2D eigenvalue weighted by Crippen LogP contribution is 2.24. The Morgan fingerprint density at radius 1 is 0.938 bits per heavy atom. The van der Waals surface area contributed by atoms with Gasteiger partial charge in [0.05, 0.1) is 23.7 Å². The summed E-state index contributed by atoms with van der Waals surface area (Å²) in [6.07, 6.45) is 0. The topological polar surface area (TPSA) is 84.7 Å². The van der Waals surface area contributed by atoms with Gasteiger partial charge in [0.15, 0.2) is 0 Å². The third kappa shape index (κ3) is 4.02. The molecule has 7 nitrogen and oxygen atoms in total. The summed E-state index contributed by atoms with van der Waals surface area (Å²) in [7, 11) is 0. The number of nitrogens with zero attached hydrogens (tertiary/aromatic N) is 4. The number of nitriles is 1. The van der Waals surface area contributed by atoms with Crippen molar-refractivity contribution in [1.29, 1.82) is 5.26 Å². The molecule has 164 valence electrons. The van der Waals surface area contributed by atoms with Crippen LogP contribution in [0.1, 0.15) is 50.5 Å². The molecule has 0 N–H and O–H groups in total. The Hall–Kier alpha value is -3.50. The number of amides is 3. The minimum Gasteiger partial charge on any atom is -0.336 e. The monoisotopic (exact) mass is 430 g/mol. The smallest absolute Gasteiger partial charge is 0.261 e. The summed E-state index contributed by atoms with van der Waals surface area (Å²) in [5, 5.41) is 9.40. The van der Waals surface area contributed by atoms with Crippen LogP contribution in [0.15, 0.2) is 48.5 Å². The first kappa shape index (κ1) is 21.7. The van der Waals surface area contributed by atoms with Gasteiger partial charge in [0.25, 0.3) is 17.7 Å². The Morgan fingerprint density at radius 3 is 2.00 bits per heavy atom. The molecule has 1 saturated heterocycles. The highest BCUT2D eigenvalue weighted by molar-refractivity contribution is 6.21. The van der Waals surface area contributed by atoms with E-state index in [0.717, 1.165) is 5.56 Å². The highest BCUT2D eigenvalue weighted by Gasteiger charge is 2.35. The number of benzene rings is 2. The fraction of sp³-hybridized carbons (Fsp3) is 0.360. The van der Waals surface area contributed by atoms with E-state index in [9.17, 15) is 19.6 Å². The average molecular weight is 431 g/mol. The summed E-state index contributed by atoms with van der Waals surface area (Å²) in [5.74, 6) is -0.381. The Balaban J connectivity index is 1.37. The minimum absolute atomic E-state index is 0.0463. The van der Waals surface area contributed by atoms with Crippen LogP contribution in [-0.4, -0.2) is 64.6 Å². The standard InChI is InChI=1S/C25H26N4O3/c1-17(2)22(15-26)27-11-13-28(14-12-27)23(30)19-9-7-18(8-10-19)16-29-24(31)20-5-3-4-6-21(20)25(29)32/h3-10,17,22H,11-14,16H2,1-2H3. The van der Waals surface area contributed by atoms with Crippen molar-refractivity contribution in [1.82, 2.24) is 14.7 Å². The van der Waals surface area contributed by atoms with Gasteiger partial charge in [0.1, 0.15) is 6.04 Å². The van der Waals surface area contributed by atoms with Gasteiger partial charge in [-0.05, 0) is 35.7 Å². The van der Waals surface area contributed by atoms with Crippen molar-refractivity contribution in [3.63, 3.8) is 0 Å². The molecule has 4 rings (SSSR count). The molecule has 0 aromatic heterocycles. The van der Waals surface area contributed by atoms with Gasteiger partial charge in [0.2, 0.25) is 0 Å². The molecule has 2 aliphatic rings. The van der Waals surface area contributed by atoms with E-state index < -0.39 is 0 Å². The molecule has 7 heteroatoms. The van der Waals surface area contributed by atoms with Crippen LogP contribution in [0.2, 0.25) is 0 Å². The second kappa shape index (κ2) is 8.93. The Labute approximate surface area is 187 Å². The van der Waals surface area contributed by atoms with E-state index in [-0.39, 0.29) is 36.2 Å². The number of piperazine rings is 1. The fourth-order valence-corrected chi connectivity index (χ4v) is 4.36. The Morgan fingerprint density at radius 2 is 1.50 bits per heavy atom. The zero-order chi connectivity index (χ0) is 22.8. The number of carbonyl (C=O) groups is 3. The van der Waals surface area contributed by atoms with Gasteiger partial charge in [0, 0.05) is 31.7 Å². The van der Waals surface area contributed by atoms with Crippen LogP contribution < -0.4 is 0 Å². The lowest BCUT2D eigenvalue weighted by molar-refractivity contribution is 0.0574. The van der Waals surface area contributed by atoms with Gasteiger partial charge in [-0.3, -0.25) is 24.2 Å². The van der Waals surface area contributed by atoms with E-state index in [4.69, 9.17) is 0 Å². The molecule has 1 atom stereocenters. The van der Waals surface area contributed by atoms with Gasteiger partial charge >= 0.3 is 0 Å². The van der Waals surface area contributed by atoms with Crippen LogP contribution in [0, 0.1) is 17.2 Å². The molecule has 0 radical (unpaired) electrons. The van der Waals surface area contributed by atoms with E-state index in [0.29, 0.717) is 42.9 Å². The van der Waals surface area contributed by atoms with Crippen molar-refractivity contribution in [2.75, 3.05) is 26.2 Å². The summed E-state index contributed by atoms with van der Waals surface area (Å²) >= 11 is 0. The first-order valence-corrected chi connectivity index (χ1v) is 10.9. The second-order valence-corrected chi connectivity index (χ2v) is 8.59.